The van der Waals surface area contributed by atoms with Crippen LogP contribution >= 0.6 is 12.4 Å². The van der Waals surface area contributed by atoms with Crippen LogP contribution in [0.1, 0.15) is 27.9 Å². The second kappa shape index (κ2) is 8.66. The fourth-order valence-corrected chi connectivity index (χ4v) is 3.68. The van der Waals surface area contributed by atoms with Crippen LogP contribution in [0.25, 0.3) is 10.9 Å². The molecule has 0 unspecified atom stereocenters. The van der Waals surface area contributed by atoms with E-state index in [0.717, 1.165) is 23.4 Å². The molecule has 0 aliphatic carbocycles. The largest absolute Gasteiger partial charge is 0.364 e. The summed E-state index contributed by atoms with van der Waals surface area (Å²) in [6, 6.07) is 17.1. The number of hydrogen-bond donors (Lipinski definition) is 1. The van der Waals surface area contributed by atoms with Gasteiger partial charge in [-0.1, -0.05) is 36.4 Å². The summed E-state index contributed by atoms with van der Waals surface area (Å²) in [5.41, 5.74) is 7.12. The van der Waals surface area contributed by atoms with E-state index < -0.39 is 0 Å². The SMILES string of the molecule is Cc1ccccc1CNc1nccc2c(C)c(C)n(Cc3ccc(F)cc3)c12.Cl. The van der Waals surface area contributed by atoms with E-state index in [4.69, 9.17) is 0 Å². The van der Waals surface area contributed by atoms with Crippen LogP contribution in [0.5, 0.6) is 0 Å². The molecule has 2 aromatic heterocycles. The summed E-state index contributed by atoms with van der Waals surface area (Å²) >= 11 is 0. The molecule has 0 bridgehead atoms. The Bertz CT molecular complexity index is 1130. The fraction of sp³-hybridized carbons (Fsp3) is 0.208. The summed E-state index contributed by atoms with van der Waals surface area (Å²) in [5.74, 6) is 0.662. The van der Waals surface area contributed by atoms with Crippen LogP contribution in [0.2, 0.25) is 0 Å². The molecular weight excluding hydrogens is 385 g/mol. The molecule has 0 atom stereocenters. The van der Waals surface area contributed by atoms with Crippen LogP contribution in [0.15, 0.2) is 60.8 Å². The van der Waals surface area contributed by atoms with Crippen LogP contribution in [0.3, 0.4) is 0 Å². The third kappa shape index (κ3) is 4.13. The highest BCUT2D eigenvalue weighted by Crippen LogP contribution is 2.30. The van der Waals surface area contributed by atoms with E-state index in [0.29, 0.717) is 6.54 Å². The van der Waals surface area contributed by atoms with Gasteiger partial charge in [0.1, 0.15) is 5.82 Å². The van der Waals surface area contributed by atoms with E-state index in [-0.39, 0.29) is 18.2 Å². The predicted molar refractivity (Wildman–Crippen MR) is 120 cm³/mol. The predicted octanol–water partition coefficient (Wildman–Crippen LogP) is 6.18. The number of nitrogens with one attached hydrogen (secondary N) is 1. The van der Waals surface area contributed by atoms with Crippen molar-refractivity contribution in [2.45, 2.75) is 33.9 Å². The summed E-state index contributed by atoms with van der Waals surface area (Å²) in [6.45, 7) is 7.80. The molecule has 0 spiro atoms. The summed E-state index contributed by atoms with van der Waals surface area (Å²) in [7, 11) is 0. The zero-order valence-electron chi connectivity index (χ0n) is 16.9. The Morgan fingerprint density at radius 1 is 0.966 bits per heavy atom. The number of rotatable bonds is 5. The van der Waals surface area contributed by atoms with Gasteiger partial charge in [0.05, 0.1) is 5.52 Å². The third-order valence-electron chi connectivity index (χ3n) is 5.51. The van der Waals surface area contributed by atoms with Crippen LogP contribution in [0, 0.1) is 26.6 Å². The number of anilines is 1. The number of hydrogen-bond acceptors (Lipinski definition) is 2. The lowest BCUT2D eigenvalue weighted by Gasteiger charge is -2.13. The smallest absolute Gasteiger partial charge is 0.150 e. The van der Waals surface area contributed by atoms with E-state index in [1.54, 1.807) is 0 Å². The lowest BCUT2D eigenvalue weighted by atomic mass is 10.1. The first kappa shape index (κ1) is 20.9. The zero-order valence-corrected chi connectivity index (χ0v) is 17.7. The van der Waals surface area contributed by atoms with Gasteiger partial charge in [-0.05, 0) is 61.2 Å². The van der Waals surface area contributed by atoms with E-state index in [1.807, 2.05) is 18.3 Å². The average Bonchev–Trinajstić information content (AvgIpc) is 2.94. The van der Waals surface area contributed by atoms with Gasteiger partial charge < -0.3 is 9.88 Å². The van der Waals surface area contributed by atoms with Gasteiger partial charge in [-0.2, -0.15) is 0 Å². The Morgan fingerprint density at radius 3 is 2.41 bits per heavy atom. The zero-order chi connectivity index (χ0) is 19.7. The van der Waals surface area contributed by atoms with Crippen molar-refractivity contribution in [1.82, 2.24) is 9.55 Å². The molecule has 2 aromatic carbocycles. The van der Waals surface area contributed by atoms with Crippen molar-refractivity contribution >= 4 is 29.1 Å². The lowest BCUT2D eigenvalue weighted by Crippen LogP contribution is -2.07. The highest BCUT2D eigenvalue weighted by atomic mass is 35.5. The normalized spacial score (nSPS) is 10.8. The minimum Gasteiger partial charge on any atom is -0.364 e. The molecule has 0 radical (unpaired) electrons. The monoisotopic (exact) mass is 409 g/mol. The summed E-state index contributed by atoms with van der Waals surface area (Å²) in [4.78, 5) is 4.63. The van der Waals surface area contributed by atoms with Gasteiger partial charge in [0.2, 0.25) is 0 Å². The van der Waals surface area contributed by atoms with Crippen LogP contribution in [-0.4, -0.2) is 9.55 Å². The van der Waals surface area contributed by atoms with Gasteiger partial charge in [0.25, 0.3) is 0 Å². The van der Waals surface area contributed by atoms with Crippen molar-refractivity contribution in [3.05, 3.63) is 94.6 Å². The highest BCUT2D eigenvalue weighted by Gasteiger charge is 2.15. The highest BCUT2D eigenvalue weighted by molar-refractivity contribution is 5.93. The molecule has 4 rings (SSSR count). The first-order valence-electron chi connectivity index (χ1n) is 9.52. The van der Waals surface area contributed by atoms with Crippen LogP contribution in [-0.2, 0) is 13.1 Å². The fourth-order valence-electron chi connectivity index (χ4n) is 3.68. The Morgan fingerprint density at radius 2 is 1.69 bits per heavy atom. The van der Waals surface area contributed by atoms with E-state index in [1.165, 1.54) is 39.9 Å². The molecule has 0 saturated heterocycles. The Labute approximate surface area is 177 Å². The number of aryl methyl sites for hydroxylation is 2. The van der Waals surface area contributed by atoms with Gasteiger partial charge in [0.15, 0.2) is 5.82 Å². The van der Waals surface area contributed by atoms with Crippen molar-refractivity contribution < 1.29 is 4.39 Å². The maximum atomic E-state index is 13.3. The molecule has 0 saturated carbocycles. The molecule has 29 heavy (non-hydrogen) atoms. The topological polar surface area (TPSA) is 29.9 Å². The van der Waals surface area contributed by atoms with Crippen molar-refractivity contribution in [3.63, 3.8) is 0 Å². The van der Waals surface area contributed by atoms with Crippen molar-refractivity contribution in [2.75, 3.05) is 5.32 Å². The van der Waals surface area contributed by atoms with Gasteiger partial charge in [0, 0.05) is 30.4 Å². The first-order valence-corrected chi connectivity index (χ1v) is 9.52. The summed E-state index contributed by atoms with van der Waals surface area (Å²) in [5, 5.41) is 4.72. The van der Waals surface area contributed by atoms with E-state index in [9.17, 15) is 4.39 Å². The number of fused-ring (bicyclic) bond motifs is 1. The molecule has 0 aliphatic rings. The molecule has 0 fully saturated rings. The number of benzene rings is 2. The minimum absolute atomic E-state index is 0. The minimum atomic E-state index is -0.212. The number of pyridine rings is 1. The van der Waals surface area contributed by atoms with Gasteiger partial charge in [-0.15, -0.1) is 12.4 Å². The second-order valence-corrected chi connectivity index (χ2v) is 7.26. The van der Waals surface area contributed by atoms with E-state index >= 15 is 0 Å². The molecular formula is C24H25ClFN3. The lowest BCUT2D eigenvalue weighted by molar-refractivity contribution is 0.626. The summed E-state index contributed by atoms with van der Waals surface area (Å²) < 4.78 is 15.6. The van der Waals surface area contributed by atoms with Crippen molar-refractivity contribution in [3.8, 4) is 0 Å². The molecule has 150 valence electrons. The average molecular weight is 410 g/mol. The quantitative estimate of drug-likeness (QED) is 0.426. The van der Waals surface area contributed by atoms with Gasteiger partial charge in [-0.25, -0.2) is 9.37 Å². The Kier molecular flexibility index (Phi) is 6.23. The van der Waals surface area contributed by atoms with Crippen molar-refractivity contribution in [2.24, 2.45) is 0 Å². The van der Waals surface area contributed by atoms with Gasteiger partial charge in [-0.3, -0.25) is 0 Å². The molecule has 0 aliphatic heterocycles. The van der Waals surface area contributed by atoms with Crippen LogP contribution in [0.4, 0.5) is 10.2 Å². The molecule has 5 heteroatoms. The maximum absolute atomic E-state index is 13.3. The molecule has 4 aromatic rings. The Hall–Kier alpha value is -2.85. The number of halogens is 2. The third-order valence-corrected chi connectivity index (χ3v) is 5.51. The molecule has 3 nitrogen and oxygen atoms in total. The van der Waals surface area contributed by atoms with E-state index in [2.05, 4.69) is 66.0 Å². The number of aromatic nitrogens is 2. The maximum Gasteiger partial charge on any atom is 0.150 e. The second-order valence-electron chi connectivity index (χ2n) is 7.26. The van der Waals surface area contributed by atoms with Crippen molar-refractivity contribution in [1.29, 1.82) is 0 Å². The van der Waals surface area contributed by atoms with Gasteiger partial charge >= 0.3 is 0 Å². The standard InChI is InChI=1S/C24H24FN3.ClH/c1-16-6-4-5-7-20(16)14-27-24-23-22(12-13-26-24)17(2)18(3)28(23)15-19-8-10-21(25)11-9-19;/h4-13H,14-15H2,1-3H3,(H,26,27);1H. The molecule has 2 heterocycles. The van der Waals surface area contributed by atoms with Crippen LogP contribution < -0.4 is 5.32 Å². The summed E-state index contributed by atoms with van der Waals surface area (Å²) in [6.07, 6.45) is 1.86. The Balaban J connectivity index is 0.00000240. The first-order chi connectivity index (χ1) is 13.5. The molecule has 0 amide bonds. The number of nitrogens with zero attached hydrogens (tertiary/aromatic N) is 2. The molecule has 1 N–H and O–H groups in total.